The molecule has 0 radical (unpaired) electrons. The number of nitrogens with two attached hydrogens (primary N) is 1. The quantitative estimate of drug-likeness (QED) is 0.743. The second-order valence-corrected chi connectivity index (χ2v) is 4.72. The maximum Gasteiger partial charge on any atom is 0.163 e. The monoisotopic (exact) mass is 288 g/mol. The first-order valence-electron chi connectivity index (χ1n) is 5.97. The van der Waals surface area contributed by atoms with E-state index in [1.165, 1.54) is 6.07 Å². The molecule has 1 aromatic rings. The van der Waals surface area contributed by atoms with Crippen LogP contribution in [0.3, 0.4) is 0 Å². The molecule has 0 aliphatic rings. The van der Waals surface area contributed by atoms with Crippen LogP contribution in [0, 0.1) is 11.6 Å². The van der Waals surface area contributed by atoms with Gasteiger partial charge in [-0.1, -0.05) is 24.4 Å². The number of rotatable bonds is 8. The van der Waals surface area contributed by atoms with E-state index in [1.807, 2.05) is 4.90 Å². The summed E-state index contributed by atoms with van der Waals surface area (Å²) < 4.78 is 31.7. The second kappa shape index (κ2) is 8.14. The van der Waals surface area contributed by atoms with Gasteiger partial charge in [-0.3, -0.25) is 4.90 Å². The highest BCUT2D eigenvalue weighted by Crippen LogP contribution is 2.13. The van der Waals surface area contributed by atoms with Crippen molar-refractivity contribution in [3.63, 3.8) is 0 Å². The van der Waals surface area contributed by atoms with Crippen LogP contribution < -0.4 is 5.73 Å². The molecule has 0 saturated heterocycles. The van der Waals surface area contributed by atoms with E-state index in [-0.39, 0.29) is 0 Å². The molecule has 0 spiro atoms. The van der Waals surface area contributed by atoms with Gasteiger partial charge in [0.2, 0.25) is 0 Å². The molecule has 0 bridgehead atoms. The smallest absolute Gasteiger partial charge is 0.163 e. The number of methoxy groups -OCH3 is 1. The number of ether oxygens (including phenoxy) is 1. The lowest BCUT2D eigenvalue weighted by atomic mass is 10.2. The van der Waals surface area contributed by atoms with E-state index >= 15 is 0 Å². The summed E-state index contributed by atoms with van der Waals surface area (Å²) in [5, 5.41) is 0. The number of hydrogen-bond donors (Lipinski definition) is 1. The summed E-state index contributed by atoms with van der Waals surface area (Å²) in [6.45, 7) is 2.01. The summed E-state index contributed by atoms with van der Waals surface area (Å²) in [6, 6.07) is 4.17. The molecular formula is C13H18F2N2OS. The fraction of sp³-hybridized carbons (Fsp3) is 0.462. The van der Waals surface area contributed by atoms with E-state index < -0.39 is 11.6 Å². The van der Waals surface area contributed by atoms with Crippen LogP contribution in [0.15, 0.2) is 18.2 Å². The van der Waals surface area contributed by atoms with Crippen LogP contribution in [0.5, 0.6) is 0 Å². The summed E-state index contributed by atoms with van der Waals surface area (Å²) in [4.78, 5) is 2.34. The highest BCUT2D eigenvalue weighted by atomic mass is 32.1. The number of hydrogen-bond acceptors (Lipinski definition) is 3. The van der Waals surface area contributed by atoms with Gasteiger partial charge in [0.15, 0.2) is 11.6 Å². The fourth-order valence-electron chi connectivity index (χ4n) is 1.67. The van der Waals surface area contributed by atoms with Crippen LogP contribution in [0.2, 0.25) is 0 Å². The van der Waals surface area contributed by atoms with E-state index in [9.17, 15) is 8.78 Å². The highest BCUT2D eigenvalue weighted by Gasteiger charge is 2.12. The molecule has 0 aromatic heterocycles. The molecule has 0 atom stereocenters. The minimum atomic E-state index is -0.835. The van der Waals surface area contributed by atoms with Gasteiger partial charge >= 0.3 is 0 Å². The Morgan fingerprint density at radius 1 is 1.37 bits per heavy atom. The van der Waals surface area contributed by atoms with Crippen molar-refractivity contribution >= 4 is 17.2 Å². The molecule has 0 aliphatic carbocycles. The third-order valence-electron chi connectivity index (χ3n) is 2.71. The normalized spacial score (nSPS) is 10.9. The van der Waals surface area contributed by atoms with Crippen LogP contribution in [-0.4, -0.2) is 36.7 Å². The van der Waals surface area contributed by atoms with Crippen molar-refractivity contribution in [3.8, 4) is 0 Å². The molecule has 0 heterocycles. The van der Waals surface area contributed by atoms with Crippen molar-refractivity contribution in [1.82, 2.24) is 4.90 Å². The first-order chi connectivity index (χ1) is 9.04. The fourth-order valence-corrected chi connectivity index (χ4v) is 1.76. The van der Waals surface area contributed by atoms with Crippen LogP contribution >= 0.6 is 12.2 Å². The minimum absolute atomic E-state index is 0.301. The van der Waals surface area contributed by atoms with Crippen molar-refractivity contribution < 1.29 is 13.5 Å². The van der Waals surface area contributed by atoms with Crippen molar-refractivity contribution in [2.24, 2.45) is 5.73 Å². The summed E-state index contributed by atoms with van der Waals surface area (Å²) in [5.74, 6) is -1.64. The Morgan fingerprint density at radius 2 is 2.11 bits per heavy atom. The maximum atomic E-state index is 13.6. The third kappa shape index (κ3) is 5.59. The van der Waals surface area contributed by atoms with Crippen LogP contribution in [0.4, 0.5) is 8.78 Å². The molecule has 2 N–H and O–H groups in total. The zero-order chi connectivity index (χ0) is 14.3. The Hall–Kier alpha value is -1.11. The summed E-state index contributed by atoms with van der Waals surface area (Å²) in [6.07, 6.45) is 0.538. The average molecular weight is 288 g/mol. The Kier molecular flexibility index (Phi) is 6.83. The van der Waals surface area contributed by atoms with E-state index in [0.29, 0.717) is 43.2 Å². The third-order valence-corrected chi connectivity index (χ3v) is 2.92. The Morgan fingerprint density at radius 3 is 2.74 bits per heavy atom. The summed E-state index contributed by atoms with van der Waals surface area (Å²) >= 11 is 4.82. The molecule has 0 saturated carbocycles. The number of halogens is 2. The zero-order valence-electron chi connectivity index (χ0n) is 10.9. The van der Waals surface area contributed by atoms with Crippen LogP contribution in [-0.2, 0) is 11.3 Å². The molecule has 0 fully saturated rings. The van der Waals surface area contributed by atoms with Gasteiger partial charge in [0.25, 0.3) is 0 Å². The van der Waals surface area contributed by atoms with Gasteiger partial charge in [-0.15, -0.1) is 0 Å². The molecule has 1 rings (SSSR count). The molecule has 0 aliphatic heterocycles. The van der Waals surface area contributed by atoms with Gasteiger partial charge < -0.3 is 10.5 Å². The second-order valence-electron chi connectivity index (χ2n) is 4.20. The Bertz CT molecular complexity index is 429. The topological polar surface area (TPSA) is 38.5 Å². The first-order valence-corrected chi connectivity index (χ1v) is 6.38. The van der Waals surface area contributed by atoms with Crippen molar-refractivity contribution in [2.75, 3.05) is 26.8 Å². The van der Waals surface area contributed by atoms with E-state index in [4.69, 9.17) is 22.7 Å². The van der Waals surface area contributed by atoms with E-state index in [0.717, 1.165) is 6.07 Å². The number of thiocarbonyl (C=S) groups is 1. The van der Waals surface area contributed by atoms with Gasteiger partial charge in [-0.05, 0) is 6.07 Å². The van der Waals surface area contributed by atoms with Crippen molar-refractivity contribution in [1.29, 1.82) is 0 Å². The zero-order valence-corrected chi connectivity index (χ0v) is 11.7. The van der Waals surface area contributed by atoms with Gasteiger partial charge in [-0.2, -0.15) is 0 Å². The number of benzene rings is 1. The van der Waals surface area contributed by atoms with E-state index in [1.54, 1.807) is 13.2 Å². The Labute approximate surface area is 117 Å². The van der Waals surface area contributed by atoms with Crippen LogP contribution in [0.1, 0.15) is 12.0 Å². The van der Waals surface area contributed by atoms with Crippen molar-refractivity contribution in [3.05, 3.63) is 35.4 Å². The average Bonchev–Trinajstić information content (AvgIpc) is 2.37. The highest BCUT2D eigenvalue weighted by molar-refractivity contribution is 7.80. The standard InChI is InChI=1S/C13H18F2N2OS/c1-18-8-7-17(6-5-12(16)19)9-10-3-2-4-11(14)13(10)15/h2-4H,5-9H2,1H3,(H2,16,19). The Balaban J connectivity index is 2.69. The van der Waals surface area contributed by atoms with Gasteiger partial charge in [0.1, 0.15) is 0 Å². The molecule has 0 unspecified atom stereocenters. The molecule has 19 heavy (non-hydrogen) atoms. The SMILES string of the molecule is COCCN(CCC(N)=S)Cc1cccc(F)c1F. The molecule has 3 nitrogen and oxygen atoms in total. The summed E-state index contributed by atoms with van der Waals surface area (Å²) in [5.41, 5.74) is 5.77. The van der Waals surface area contributed by atoms with Crippen LogP contribution in [0.25, 0.3) is 0 Å². The van der Waals surface area contributed by atoms with Gasteiger partial charge in [-0.25, -0.2) is 8.78 Å². The molecule has 0 amide bonds. The first kappa shape index (κ1) is 15.9. The lowest BCUT2D eigenvalue weighted by Crippen LogP contribution is -2.30. The van der Waals surface area contributed by atoms with Crippen molar-refractivity contribution in [2.45, 2.75) is 13.0 Å². The lowest BCUT2D eigenvalue weighted by molar-refractivity contribution is 0.145. The minimum Gasteiger partial charge on any atom is -0.393 e. The number of nitrogens with zero attached hydrogens (tertiary/aromatic N) is 1. The lowest BCUT2D eigenvalue weighted by Gasteiger charge is -2.22. The predicted molar refractivity (Wildman–Crippen MR) is 74.9 cm³/mol. The largest absolute Gasteiger partial charge is 0.393 e. The van der Waals surface area contributed by atoms with E-state index in [2.05, 4.69) is 0 Å². The molecule has 106 valence electrons. The molecule has 1 aromatic carbocycles. The maximum absolute atomic E-state index is 13.6. The predicted octanol–water partition coefficient (Wildman–Crippen LogP) is 2.09. The summed E-state index contributed by atoms with van der Waals surface area (Å²) in [7, 11) is 1.59. The van der Waals surface area contributed by atoms with Gasteiger partial charge in [0, 0.05) is 38.7 Å². The molecule has 6 heteroatoms. The molecular weight excluding hydrogens is 270 g/mol. The van der Waals surface area contributed by atoms with Gasteiger partial charge in [0.05, 0.1) is 11.6 Å².